The van der Waals surface area contributed by atoms with Crippen molar-refractivity contribution in [3.63, 3.8) is 0 Å². The summed E-state index contributed by atoms with van der Waals surface area (Å²) in [4.78, 5) is 25.1. The fourth-order valence-electron chi connectivity index (χ4n) is 2.74. The molecule has 0 heterocycles. The van der Waals surface area contributed by atoms with Crippen molar-refractivity contribution >= 4 is 46.3 Å². The number of Topliss-reactive ketones (excluding diaryl/α,β-unsaturated/α-hetero) is 1. The van der Waals surface area contributed by atoms with E-state index in [1.165, 1.54) is 27.2 Å². The number of nitrogens with one attached hydrogen (secondary N) is 1. The fraction of sp³-hybridized carbons (Fsp3) is 0.364. The van der Waals surface area contributed by atoms with Gasteiger partial charge in [-0.3, -0.25) is 9.59 Å². The number of ether oxygens (including phenoxy) is 4. The normalized spacial score (nSPS) is 11.7. The topological polar surface area (TPSA) is 108 Å². The Kier molecular flexibility index (Phi) is 9.74. The number of carbonyl (C=O) groups is 2. The van der Waals surface area contributed by atoms with Crippen molar-refractivity contribution in [2.75, 3.05) is 32.8 Å². The third-order valence-electron chi connectivity index (χ3n) is 4.24. The predicted octanol–water partition coefficient (Wildman–Crippen LogP) is 5.49. The molecule has 178 valence electrons. The van der Waals surface area contributed by atoms with Crippen LogP contribution in [0.5, 0.6) is 23.0 Å². The van der Waals surface area contributed by atoms with E-state index in [4.69, 9.17) is 42.1 Å². The monoisotopic (exact) mass is 497 g/mol. The van der Waals surface area contributed by atoms with Crippen LogP contribution in [-0.2, 0) is 9.59 Å². The molecule has 0 aliphatic heterocycles. The Morgan fingerprint density at radius 3 is 2.27 bits per heavy atom. The first-order chi connectivity index (χ1) is 15.7. The second-order valence-electron chi connectivity index (χ2n) is 6.53. The van der Waals surface area contributed by atoms with Crippen molar-refractivity contribution in [2.45, 2.75) is 26.8 Å². The van der Waals surface area contributed by atoms with Crippen LogP contribution < -0.4 is 24.3 Å². The van der Waals surface area contributed by atoms with Gasteiger partial charge in [0, 0.05) is 24.3 Å². The Labute approximate surface area is 202 Å². The number of nitrogens with zero attached hydrogens (tertiary/aromatic N) is 2. The summed E-state index contributed by atoms with van der Waals surface area (Å²) in [5.74, 6) is 0.124. The lowest BCUT2D eigenvalue weighted by Gasteiger charge is -2.16. The Morgan fingerprint density at radius 2 is 1.70 bits per heavy atom. The molecule has 1 atom stereocenters. The molecular weight excluding hydrogens is 473 g/mol. The van der Waals surface area contributed by atoms with E-state index in [2.05, 4.69) is 15.5 Å². The number of carbonyl (C=O) groups excluding carboxylic acids is 2. The number of methoxy groups -OCH3 is 2. The smallest absolute Gasteiger partial charge is 0.258 e. The lowest BCUT2D eigenvalue weighted by molar-refractivity contribution is -0.126. The molecule has 33 heavy (non-hydrogen) atoms. The van der Waals surface area contributed by atoms with E-state index in [1.54, 1.807) is 25.1 Å². The van der Waals surface area contributed by atoms with Gasteiger partial charge in [0.2, 0.25) is 6.04 Å². The SMILES string of the molecule is CCOc1cc(Cl)c(OCC)c(NC(=O)C(N=Nc2cc(OC)cc(OC)c2Cl)C(C)=O)c1. The van der Waals surface area contributed by atoms with Crippen LogP contribution in [0.4, 0.5) is 11.4 Å². The lowest BCUT2D eigenvalue weighted by atomic mass is 10.2. The number of azo groups is 1. The van der Waals surface area contributed by atoms with E-state index in [1.807, 2.05) is 6.92 Å². The molecule has 1 unspecified atom stereocenters. The van der Waals surface area contributed by atoms with Crippen LogP contribution in [0.15, 0.2) is 34.5 Å². The summed E-state index contributed by atoms with van der Waals surface area (Å²) in [7, 11) is 2.90. The van der Waals surface area contributed by atoms with Gasteiger partial charge in [-0.25, -0.2) is 0 Å². The van der Waals surface area contributed by atoms with Gasteiger partial charge in [-0.05, 0) is 20.8 Å². The van der Waals surface area contributed by atoms with Crippen molar-refractivity contribution in [2.24, 2.45) is 10.2 Å². The lowest BCUT2D eigenvalue weighted by Crippen LogP contribution is -2.32. The number of anilines is 1. The van der Waals surface area contributed by atoms with Crippen LogP contribution in [0.25, 0.3) is 0 Å². The van der Waals surface area contributed by atoms with Crippen molar-refractivity contribution in [3.8, 4) is 23.0 Å². The van der Waals surface area contributed by atoms with Crippen molar-refractivity contribution in [1.82, 2.24) is 0 Å². The van der Waals surface area contributed by atoms with E-state index in [0.29, 0.717) is 30.5 Å². The van der Waals surface area contributed by atoms with Crippen molar-refractivity contribution in [3.05, 3.63) is 34.3 Å². The first-order valence-corrected chi connectivity index (χ1v) is 10.7. The van der Waals surface area contributed by atoms with Crippen LogP contribution in [0.1, 0.15) is 20.8 Å². The zero-order valence-electron chi connectivity index (χ0n) is 18.9. The molecule has 0 bridgehead atoms. The van der Waals surface area contributed by atoms with E-state index in [0.717, 1.165) is 0 Å². The summed E-state index contributed by atoms with van der Waals surface area (Å²) in [6.45, 7) is 5.52. The highest BCUT2D eigenvalue weighted by molar-refractivity contribution is 6.34. The number of hydrogen-bond acceptors (Lipinski definition) is 8. The Balaban J connectivity index is 2.38. The standard InChI is InChI=1S/C22H25Cl2N3O6/c1-6-32-14-8-15(23)21(33-7-2)17(10-14)25-22(29)20(12(3)28)27-26-16-9-13(30-4)11-18(31-5)19(16)24/h8-11,20H,6-7H2,1-5H3,(H,25,29). The van der Waals surface area contributed by atoms with Gasteiger partial charge in [0.15, 0.2) is 11.5 Å². The molecule has 0 spiro atoms. The van der Waals surface area contributed by atoms with E-state index < -0.39 is 17.7 Å². The van der Waals surface area contributed by atoms with E-state index in [-0.39, 0.29) is 27.2 Å². The Bertz CT molecular complexity index is 1050. The number of benzene rings is 2. The van der Waals surface area contributed by atoms with Crippen LogP contribution in [0.3, 0.4) is 0 Å². The minimum Gasteiger partial charge on any atom is -0.497 e. The molecule has 0 saturated heterocycles. The molecule has 1 N–H and O–H groups in total. The van der Waals surface area contributed by atoms with Gasteiger partial charge in [-0.15, -0.1) is 0 Å². The predicted molar refractivity (Wildman–Crippen MR) is 126 cm³/mol. The molecule has 2 aromatic rings. The number of hydrogen-bond donors (Lipinski definition) is 1. The summed E-state index contributed by atoms with van der Waals surface area (Å²) in [5.41, 5.74) is 0.406. The average molecular weight is 498 g/mol. The highest BCUT2D eigenvalue weighted by atomic mass is 35.5. The van der Waals surface area contributed by atoms with Gasteiger partial charge < -0.3 is 24.3 Å². The zero-order valence-corrected chi connectivity index (χ0v) is 20.4. The van der Waals surface area contributed by atoms with Gasteiger partial charge in [0.05, 0.1) is 38.1 Å². The van der Waals surface area contributed by atoms with Gasteiger partial charge in [-0.2, -0.15) is 10.2 Å². The van der Waals surface area contributed by atoms with E-state index in [9.17, 15) is 9.59 Å². The summed E-state index contributed by atoms with van der Waals surface area (Å²) >= 11 is 12.6. The second kappa shape index (κ2) is 12.3. The summed E-state index contributed by atoms with van der Waals surface area (Å²) in [5, 5.41) is 10.9. The zero-order chi connectivity index (χ0) is 24.5. The minimum absolute atomic E-state index is 0.152. The molecule has 11 heteroatoms. The van der Waals surface area contributed by atoms with Crippen LogP contribution >= 0.6 is 23.2 Å². The number of halogens is 2. The second-order valence-corrected chi connectivity index (χ2v) is 7.31. The number of amides is 1. The summed E-state index contributed by atoms with van der Waals surface area (Å²) < 4.78 is 21.4. The molecule has 0 aliphatic rings. The van der Waals surface area contributed by atoms with Crippen LogP contribution in [0.2, 0.25) is 10.0 Å². The number of ketones is 1. The fourth-order valence-corrected chi connectivity index (χ4v) is 3.23. The first kappa shape index (κ1) is 26.2. The maximum atomic E-state index is 12.9. The maximum Gasteiger partial charge on any atom is 0.258 e. The van der Waals surface area contributed by atoms with Crippen LogP contribution in [-0.4, -0.2) is 45.2 Å². The van der Waals surface area contributed by atoms with Crippen LogP contribution in [0, 0.1) is 0 Å². The molecule has 0 aliphatic carbocycles. The van der Waals surface area contributed by atoms with Crippen molar-refractivity contribution in [1.29, 1.82) is 0 Å². The highest BCUT2D eigenvalue weighted by Crippen LogP contribution is 2.39. The number of rotatable bonds is 11. The summed E-state index contributed by atoms with van der Waals surface area (Å²) in [6.07, 6.45) is 0. The van der Waals surface area contributed by atoms with Crippen molar-refractivity contribution < 1.29 is 28.5 Å². The molecule has 2 aromatic carbocycles. The van der Waals surface area contributed by atoms with Gasteiger partial charge in [-0.1, -0.05) is 23.2 Å². The Hall–Kier alpha value is -3.04. The molecule has 0 saturated carbocycles. The molecule has 2 rings (SSSR count). The molecule has 1 amide bonds. The molecule has 9 nitrogen and oxygen atoms in total. The molecule has 0 radical (unpaired) electrons. The van der Waals surface area contributed by atoms with Gasteiger partial charge in [0.1, 0.15) is 28.0 Å². The maximum absolute atomic E-state index is 12.9. The van der Waals surface area contributed by atoms with Gasteiger partial charge in [0.25, 0.3) is 5.91 Å². The quantitative estimate of drug-likeness (QED) is 0.324. The highest BCUT2D eigenvalue weighted by Gasteiger charge is 2.25. The molecule has 0 aromatic heterocycles. The van der Waals surface area contributed by atoms with Gasteiger partial charge >= 0.3 is 0 Å². The first-order valence-electron chi connectivity index (χ1n) is 9.98. The van der Waals surface area contributed by atoms with E-state index >= 15 is 0 Å². The third kappa shape index (κ3) is 6.72. The molecule has 0 fully saturated rings. The third-order valence-corrected chi connectivity index (χ3v) is 4.90. The summed E-state index contributed by atoms with van der Waals surface area (Å²) in [6, 6.07) is 4.74. The Morgan fingerprint density at radius 1 is 1.00 bits per heavy atom. The molecular formula is C22H25Cl2N3O6. The largest absolute Gasteiger partial charge is 0.497 e. The average Bonchev–Trinajstić information content (AvgIpc) is 2.77. The minimum atomic E-state index is -1.46.